The number of nitrogens with zero attached hydrogens (tertiary/aromatic N) is 3. The fourth-order valence-corrected chi connectivity index (χ4v) is 3.79. The van der Waals surface area contributed by atoms with Crippen molar-refractivity contribution in [2.24, 2.45) is 0 Å². The maximum atomic E-state index is 13.1. The number of nitro benzene ring substituents is 1. The Morgan fingerprint density at radius 1 is 1.27 bits per heavy atom. The van der Waals surface area contributed by atoms with Crippen molar-refractivity contribution in [1.82, 2.24) is 15.1 Å². The number of hydrogen-bond acceptors (Lipinski definition) is 4. The molecule has 0 radical (unpaired) electrons. The summed E-state index contributed by atoms with van der Waals surface area (Å²) in [4.78, 5) is 25.4. The minimum atomic E-state index is -0.468. The second-order valence-electron chi connectivity index (χ2n) is 6.60. The van der Waals surface area contributed by atoms with Gasteiger partial charge in [-0.05, 0) is 25.0 Å². The van der Waals surface area contributed by atoms with Gasteiger partial charge in [-0.1, -0.05) is 30.3 Å². The SMILES string of the molecule is C[C@@H]1[C@H](c2ccccc2)CCN1C(=O)c1n[nH]c2ccc([N+](=O)[O-])cc12. The maximum absolute atomic E-state index is 13.1. The second-order valence-corrected chi connectivity index (χ2v) is 6.60. The maximum Gasteiger partial charge on any atom is 0.275 e. The molecule has 0 aliphatic carbocycles. The lowest BCUT2D eigenvalue weighted by atomic mass is 9.93. The summed E-state index contributed by atoms with van der Waals surface area (Å²) in [5, 5.41) is 18.5. The van der Waals surface area contributed by atoms with Crippen molar-refractivity contribution in [3.05, 3.63) is 69.9 Å². The number of fused-ring (bicyclic) bond motifs is 1. The average Bonchev–Trinajstić information content (AvgIpc) is 3.25. The van der Waals surface area contributed by atoms with Crippen molar-refractivity contribution < 1.29 is 9.72 Å². The number of aromatic amines is 1. The van der Waals surface area contributed by atoms with E-state index in [2.05, 4.69) is 22.3 Å². The van der Waals surface area contributed by atoms with Crippen LogP contribution in [-0.4, -0.2) is 38.5 Å². The molecule has 0 saturated carbocycles. The van der Waals surface area contributed by atoms with Crippen LogP contribution in [0, 0.1) is 10.1 Å². The van der Waals surface area contributed by atoms with E-state index in [1.165, 1.54) is 17.7 Å². The van der Waals surface area contributed by atoms with Crippen molar-refractivity contribution in [1.29, 1.82) is 0 Å². The van der Waals surface area contributed by atoms with Crippen molar-refractivity contribution in [3.8, 4) is 0 Å². The number of benzene rings is 2. The molecule has 1 aliphatic rings. The molecule has 2 heterocycles. The molecule has 0 spiro atoms. The molecular formula is C19H18N4O3. The summed E-state index contributed by atoms with van der Waals surface area (Å²) in [6, 6.07) is 14.6. The van der Waals surface area contributed by atoms with Gasteiger partial charge in [0, 0.05) is 36.0 Å². The van der Waals surface area contributed by atoms with Crippen molar-refractivity contribution in [3.63, 3.8) is 0 Å². The Labute approximate surface area is 149 Å². The number of amides is 1. The normalized spacial score (nSPS) is 19.8. The zero-order valence-electron chi connectivity index (χ0n) is 14.3. The molecule has 1 aromatic heterocycles. The predicted molar refractivity (Wildman–Crippen MR) is 97.0 cm³/mol. The lowest BCUT2D eigenvalue weighted by Gasteiger charge is -2.24. The van der Waals surface area contributed by atoms with Gasteiger partial charge in [0.15, 0.2) is 5.69 Å². The highest BCUT2D eigenvalue weighted by Gasteiger charge is 2.36. The van der Waals surface area contributed by atoms with Crippen LogP contribution in [-0.2, 0) is 0 Å². The van der Waals surface area contributed by atoms with E-state index in [1.54, 1.807) is 6.07 Å². The van der Waals surface area contributed by atoms with Crippen molar-refractivity contribution >= 4 is 22.5 Å². The Balaban J connectivity index is 1.65. The number of nitro groups is 1. The topological polar surface area (TPSA) is 92.1 Å². The number of rotatable bonds is 3. The van der Waals surface area contributed by atoms with Crippen LogP contribution in [0.2, 0.25) is 0 Å². The highest BCUT2D eigenvalue weighted by Crippen LogP contribution is 2.34. The fraction of sp³-hybridized carbons (Fsp3) is 0.263. The molecular weight excluding hydrogens is 332 g/mol. The lowest BCUT2D eigenvalue weighted by Crippen LogP contribution is -2.35. The average molecular weight is 350 g/mol. The third-order valence-corrected chi connectivity index (χ3v) is 5.20. The van der Waals surface area contributed by atoms with E-state index in [4.69, 9.17) is 0 Å². The third-order valence-electron chi connectivity index (χ3n) is 5.20. The first-order valence-corrected chi connectivity index (χ1v) is 8.54. The Bertz CT molecular complexity index is 983. The molecule has 7 heteroatoms. The summed E-state index contributed by atoms with van der Waals surface area (Å²) in [6.45, 7) is 2.68. The van der Waals surface area contributed by atoms with E-state index in [1.807, 2.05) is 30.0 Å². The number of carbonyl (C=O) groups excluding carboxylic acids is 1. The molecule has 1 saturated heterocycles. The van der Waals surface area contributed by atoms with Gasteiger partial charge in [0.25, 0.3) is 11.6 Å². The number of hydrogen-bond donors (Lipinski definition) is 1. The summed E-state index contributed by atoms with van der Waals surface area (Å²) < 4.78 is 0. The summed E-state index contributed by atoms with van der Waals surface area (Å²) >= 11 is 0. The van der Waals surface area contributed by atoms with E-state index in [-0.39, 0.29) is 29.2 Å². The van der Waals surface area contributed by atoms with Crippen LogP contribution in [0.4, 0.5) is 5.69 Å². The molecule has 1 aliphatic heterocycles. The summed E-state index contributed by atoms with van der Waals surface area (Å²) in [7, 11) is 0. The van der Waals surface area contributed by atoms with Crippen LogP contribution in [0.25, 0.3) is 10.9 Å². The van der Waals surface area contributed by atoms with Gasteiger partial charge in [0.1, 0.15) is 0 Å². The third kappa shape index (κ3) is 2.61. The number of H-pyrrole nitrogens is 1. The highest BCUT2D eigenvalue weighted by molar-refractivity contribution is 6.05. The van der Waals surface area contributed by atoms with Gasteiger partial charge in [-0.3, -0.25) is 20.0 Å². The van der Waals surface area contributed by atoms with Gasteiger partial charge in [0.05, 0.1) is 10.4 Å². The van der Waals surface area contributed by atoms with E-state index >= 15 is 0 Å². The smallest absolute Gasteiger partial charge is 0.275 e. The van der Waals surface area contributed by atoms with Gasteiger partial charge in [-0.25, -0.2) is 0 Å². The standard InChI is InChI=1S/C19H18N4O3/c1-12-15(13-5-3-2-4-6-13)9-10-22(12)19(24)18-16-11-14(23(25)26)7-8-17(16)20-21-18/h2-8,11-12,15H,9-10H2,1H3,(H,20,21)/t12-,15-/m1/s1. The molecule has 132 valence electrons. The van der Waals surface area contributed by atoms with Gasteiger partial charge in [0.2, 0.25) is 0 Å². The summed E-state index contributed by atoms with van der Waals surface area (Å²) in [5.41, 5.74) is 2.03. The predicted octanol–water partition coefficient (Wildman–Crippen LogP) is 3.49. The number of likely N-dealkylation sites (tertiary alicyclic amines) is 1. The van der Waals surface area contributed by atoms with E-state index in [0.717, 1.165) is 6.42 Å². The fourth-order valence-electron chi connectivity index (χ4n) is 3.79. The molecule has 2 aromatic carbocycles. The van der Waals surface area contributed by atoms with Crippen LogP contribution in [0.3, 0.4) is 0 Å². The molecule has 7 nitrogen and oxygen atoms in total. The van der Waals surface area contributed by atoms with Gasteiger partial charge >= 0.3 is 0 Å². The molecule has 2 atom stereocenters. The zero-order valence-corrected chi connectivity index (χ0v) is 14.3. The minimum Gasteiger partial charge on any atom is -0.334 e. The molecule has 3 aromatic rings. The Morgan fingerprint density at radius 3 is 2.77 bits per heavy atom. The van der Waals surface area contributed by atoms with Crippen LogP contribution >= 0.6 is 0 Å². The number of carbonyl (C=O) groups is 1. The first-order valence-electron chi connectivity index (χ1n) is 8.54. The van der Waals surface area contributed by atoms with Gasteiger partial charge in [-0.15, -0.1) is 0 Å². The summed E-state index contributed by atoms with van der Waals surface area (Å²) in [5.74, 6) is 0.0855. The molecule has 0 unspecified atom stereocenters. The van der Waals surface area contributed by atoms with Crippen molar-refractivity contribution in [2.45, 2.75) is 25.3 Å². The number of aromatic nitrogens is 2. The van der Waals surface area contributed by atoms with E-state index in [0.29, 0.717) is 17.4 Å². The largest absolute Gasteiger partial charge is 0.334 e. The van der Waals surface area contributed by atoms with Crippen LogP contribution in [0.15, 0.2) is 48.5 Å². The molecule has 1 fully saturated rings. The van der Waals surface area contributed by atoms with Gasteiger partial charge in [-0.2, -0.15) is 5.10 Å². The molecule has 26 heavy (non-hydrogen) atoms. The monoisotopic (exact) mass is 350 g/mol. The zero-order chi connectivity index (χ0) is 18.3. The first-order chi connectivity index (χ1) is 12.6. The quantitative estimate of drug-likeness (QED) is 0.578. The van der Waals surface area contributed by atoms with E-state index < -0.39 is 4.92 Å². The number of nitrogens with one attached hydrogen (secondary N) is 1. The minimum absolute atomic E-state index is 0.0374. The van der Waals surface area contributed by atoms with Crippen LogP contribution in [0.5, 0.6) is 0 Å². The molecule has 4 rings (SSSR count). The summed E-state index contributed by atoms with van der Waals surface area (Å²) in [6.07, 6.45) is 0.888. The Morgan fingerprint density at radius 2 is 2.04 bits per heavy atom. The first kappa shape index (κ1) is 16.3. The second kappa shape index (κ2) is 6.25. The van der Waals surface area contributed by atoms with Crippen LogP contribution < -0.4 is 0 Å². The van der Waals surface area contributed by atoms with Gasteiger partial charge < -0.3 is 4.90 Å². The van der Waals surface area contributed by atoms with Crippen molar-refractivity contribution in [2.75, 3.05) is 6.54 Å². The Kier molecular flexibility index (Phi) is 3.91. The molecule has 1 N–H and O–H groups in total. The highest BCUT2D eigenvalue weighted by atomic mass is 16.6. The molecule has 1 amide bonds. The molecule has 0 bridgehead atoms. The lowest BCUT2D eigenvalue weighted by molar-refractivity contribution is -0.384. The van der Waals surface area contributed by atoms with E-state index in [9.17, 15) is 14.9 Å². The van der Waals surface area contributed by atoms with Crippen LogP contribution in [0.1, 0.15) is 35.3 Å². The Hall–Kier alpha value is -3.22. The number of non-ortho nitro benzene ring substituents is 1.